The number of esters is 1. The summed E-state index contributed by atoms with van der Waals surface area (Å²) in [6.45, 7) is 3.80. The second-order valence-corrected chi connectivity index (χ2v) is 6.28. The van der Waals surface area contributed by atoms with Gasteiger partial charge >= 0.3 is 5.97 Å². The fraction of sp³-hybridized carbons (Fsp3) is 0.353. The van der Waals surface area contributed by atoms with Gasteiger partial charge in [0, 0.05) is 0 Å². The number of allylic oxidation sites excluding steroid dienone is 1. The zero-order valence-corrected chi connectivity index (χ0v) is 14.6. The van der Waals surface area contributed by atoms with Crippen molar-refractivity contribution in [3.63, 3.8) is 0 Å². The van der Waals surface area contributed by atoms with E-state index in [1.165, 1.54) is 11.8 Å². The smallest absolute Gasteiger partial charge is 0.338 e. The van der Waals surface area contributed by atoms with E-state index in [-0.39, 0.29) is 12.5 Å². The van der Waals surface area contributed by atoms with Crippen LogP contribution in [-0.4, -0.2) is 41.4 Å². The summed E-state index contributed by atoms with van der Waals surface area (Å²) in [6.07, 6.45) is 0. The second-order valence-electron chi connectivity index (χ2n) is 5.34. The lowest BCUT2D eigenvalue weighted by molar-refractivity contribution is -0.139. The number of nitrogens with zero attached hydrogens (tertiary/aromatic N) is 2. The van der Waals surface area contributed by atoms with E-state index in [4.69, 9.17) is 9.47 Å². The molecule has 1 unspecified atom stereocenters. The summed E-state index contributed by atoms with van der Waals surface area (Å²) in [6, 6.07) is 6.81. The summed E-state index contributed by atoms with van der Waals surface area (Å²) in [4.78, 5) is 30.9. The van der Waals surface area contributed by atoms with Gasteiger partial charge in [-0.05, 0) is 31.5 Å². The summed E-state index contributed by atoms with van der Waals surface area (Å²) < 4.78 is 10.4. The SMILES string of the molecule is CCOC(=O)C1=C(C)N=C2SCC(=O)N2C1c1ccc(OC)cc1. The Balaban J connectivity index is 2.10. The monoisotopic (exact) mass is 346 g/mol. The molecule has 1 aromatic rings. The van der Waals surface area contributed by atoms with E-state index >= 15 is 0 Å². The molecule has 0 spiro atoms. The number of carbonyl (C=O) groups is 2. The molecule has 1 saturated heterocycles. The number of aliphatic imine (C=N–C) groups is 1. The fourth-order valence-electron chi connectivity index (χ4n) is 2.81. The Kier molecular flexibility index (Phi) is 4.62. The average molecular weight is 346 g/mol. The van der Waals surface area contributed by atoms with Crippen molar-refractivity contribution in [3.05, 3.63) is 41.1 Å². The zero-order valence-electron chi connectivity index (χ0n) is 13.7. The third-order valence-corrected chi connectivity index (χ3v) is 4.85. The number of amidine groups is 1. The second kappa shape index (κ2) is 6.68. The lowest BCUT2D eigenvalue weighted by atomic mass is 9.94. The highest BCUT2D eigenvalue weighted by atomic mass is 32.2. The highest BCUT2D eigenvalue weighted by Gasteiger charge is 2.43. The maximum atomic E-state index is 12.5. The Bertz CT molecular complexity index is 739. The van der Waals surface area contributed by atoms with Gasteiger partial charge in [-0.3, -0.25) is 9.69 Å². The van der Waals surface area contributed by atoms with Crippen LogP contribution in [0.2, 0.25) is 0 Å². The molecular formula is C17H18N2O4S. The van der Waals surface area contributed by atoms with Crippen LogP contribution in [0.3, 0.4) is 0 Å². The van der Waals surface area contributed by atoms with Crippen LogP contribution in [0.4, 0.5) is 0 Å². The molecule has 3 rings (SSSR count). The van der Waals surface area contributed by atoms with Crippen LogP contribution in [0, 0.1) is 0 Å². The highest BCUT2D eigenvalue weighted by Crippen LogP contribution is 2.41. The van der Waals surface area contributed by atoms with Crippen LogP contribution >= 0.6 is 11.8 Å². The first-order valence-electron chi connectivity index (χ1n) is 7.62. The van der Waals surface area contributed by atoms with Crippen LogP contribution in [0.5, 0.6) is 5.75 Å². The number of ether oxygens (including phenoxy) is 2. The quantitative estimate of drug-likeness (QED) is 0.784. The summed E-state index contributed by atoms with van der Waals surface area (Å²) >= 11 is 1.39. The van der Waals surface area contributed by atoms with E-state index in [1.807, 2.05) is 24.3 Å². The van der Waals surface area contributed by atoms with E-state index in [1.54, 1.807) is 25.9 Å². The Morgan fingerprint density at radius 2 is 2.08 bits per heavy atom. The summed E-state index contributed by atoms with van der Waals surface area (Å²) in [5.41, 5.74) is 1.81. The summed E-state index contributed by atoms with van der Waals surface area (Å²) in [5.74, 6) is 0.538. The van der Waals surface area contributed by atoms with Gasteiger partial charge in [-0.15, -0.1) is 0 Å². The van der Waals surface area contributed by atoms with Crippen molar-refractivity contribution in [2.24, 2.45) is 4.99 Å². The van der Waals surface area contributed by atoms with Gasteiger partial charge in [0.05, 0.1) is 36.8 Å². The maximum absolute atomic E-state index is 12.5. The third-order valence-electron chi connectivity index (χ3n) is 3.91. The molecule has 6 nitrogen and oxygen atoms in total. The molecule has 0 radical (unpaired) electrons. The van der Waals surface area contributed by atoms with Gasteiger partial charge in [-0.25, -0.2) is 9.79 Å². The molecule has 0 saturated carbocycles. The van der Waals surface area contributed by atoms with Gasteiger partial charge in [0.1, 0.15) is 5.75 Å². The van der Waals surface area contributed by atoms with Crippen LogP contribution < -0.4 is 4.74 Å². The fourth-order valence-corrected chi connectivity index (χ4v) is 3.75. The van der Waals surface area contributed by atoms with Crippen molar-refractivity contribution in [3.8, 4) is 5.75 Å². The van der Waals surface area contributed by atoms with E-state index in [0.717, 1.165) is 5.56 Å². The molecule has 2 aliphatic rings. The average Bonchev–Trinajstić information content (AvgIpc) is 2.94. The zero-order chi connectivity index (χ0) is 17.3. The molecule has 0 N–H and O–H groups in total. The number of benzene rings is 1. The molecule has 7 heteroatoms. The standard InChI is InChI=1S/C17H18N2O4S/c1-4-23-16(21)14-10(2)18-17-19(13(20)9-24-17)15(14)11-5-7-12(22-3)8-6-11/h5-8,15H,4,9H2,1-3H3. The molecule has 1 amide bonds. The molecule has 126 valence electrons. The molecule has 2 aliphatic heterocycles. The molecule has 0 bridgehead atoms. The summed E-state index contributed by atoms with van der Waals surface area (Å²) in [7, 11) is 1.59. The number of rotatable bonds is 4. The number of thioether (sulfide) groups is 1. The molecule has 1 fully saturated rings. The Morgan fingerprint density at radius 3 is 2.71 bits per heavy atom. The van der Waals surface area contributed by atoms with Crippen LogP contribution in [0.15, 0.2) is 40.5 Å². The van der Waals surface area contributed by atoms with Gasteiger partial charge in [-0.1, -0.05) is 23.9 Å². The van der Waals surface area contributed by atoms with Crippen LogP contribution in [0.1, 0.15) is 25.5 Å². The van der Waals surface area contributed by atoms with Crippen molar-refractivity contribution < 1.29 is 19.1 Å². The predicted molar refractivity (Wildman–Crippen MR) is 91.8 cm³/mol. The van der Waals surface area contributed by atoms with E-state index in [9.17, 15) is 9.59 Å². The number of hydrogen-bond donors (Lipinski definition) is 0. The topological polar surface area (TPSA) is 68.2 Å². The van der Waals surface area contributed by atoms with Gasteiger partial charge < -0.3 is 9.47 Å². The van der Waals surface area contributed by atoms with E-state index < -0.39 is 12.0 Å². The first-order valence-corrected chi connectivity index (χ1v) is 8.60. The minimum atomic E-state index is -0.523. The Labute approximate surface area is 144 Å². The first-order chi connectivity index (χ1) is 11.6. The van der Waals surface area contributed by atoms with Crippen molar-refractivity contribution in [2.45, 2.75) is 19.9 Å². The van der Waals surface area contributed by atoms with Crippen molar-refractivity contribution in [2.75, 3.05) is 19.5 Å². The van der Waals surface area contributed by atoms with Crippen LogP contribution in [0.25, 0.3) is 0 Å². The number of carbonyl (C=O) groups excluding carboxylic acids is 2. The van der Waals surface area contributed by atoms with E-state index in [0.29, 0.717) is 27.9 Å². The Morgan fingerprint density at radius 1 is 1.38 bits per heavy atom. The maximum Gasteiger partial charge on any atom is 0.338 e. The van der Waals surface area contributed by atoms with Gasteiger partial charge in [0.2, 0.25) is 5.91 Å². The number of amides is 1. The normalized spacial score (nSPS) is 20.0. The molecular weight excluding hydrogens is 328 g/mol. The number of methoxy groups -OCH3 is 1. The van der Waals surface area contributed by atoms with E-state index in [2.05, 4.69) is 4.99 Å². The largest absolute Gasteiger partial charge is 0.497 e. The molecule has 0 aromatic heterocycles. The molecule has 2 heterocycles. The lowest BCUT2D eigenvalue weighted by Gasteiger charge is -2.32. The molecule has 1 aromatic carbocycles. The molecule has 24 heavy (non-hydrogen) atoms. The lowest BCUT2D eigenvalue weighted by Crippen LogP contribution is -2.39. The van der Waals surface area contributed by atoms with Gasteiger partial charge in [0.25, 0.3) is 0 Å². The van der Waals surface area contributed by atoms with Gasteiger partial charge in [-0.2, -0.15) is 0 Å². The van der Waals surface area contributed by atoms with Crippen molar-refractivity contribution in [1.29, 1.82) is 0 Å². The highest BCUT2D eigenvalue weighted by molar-refractivity contribution is 8.15. The van der Waals surface area contributed by atoms with Gasteiger partial charge in [0.15, 0.2) is 5.17 Å². The minimum absolute atomic E-state index is 0.0612. The number of fused-ring (bicyclic) bond motifs is 1. The third kappa shape index (κ3) is 2.80. The Hall–Kier alpha value is -2.28. The van der Waals surface area contributed by atoms with Crippen molar-refractivity contribution >= 4 is 28.8 Å². The van der Waals surface area contributed by atoms with Crippen molar-refractivity contribution in [1.82, 2.24) is 4.90 Å². The minimum Gasteiger partial charge on any atom is -0.497 e. The molecule has 1 atom stereocenters. The number of hydrogen-bond acceptors (Lipinski definition) is 6. The molecule has 0 aliphatic carbocycles. The van der Waals surface area contributed by atoms with Crippen LogP contribution in [-0.2, 0) is 14.3 Å². The predicted octanol–water partition coefficient (Wildman–Crippen LogP) is 2.52. The first kappa shape index (κ1) is 16.6. The summed E-state index contributed by atoms with van der Waals surface area (Å²) in [5, 5.41) is 0.631.